The van der Waals surface area contributed by atoms with Crippen molar-refractivity contribution in [2.45, 2.75) is 58.2 Å². The van der Waals surface area contributed by atoms with E-state index in [0.29, 0.717) is 23.4 Å². The molecule has 1 aromatic carbocycles. The quantitative estimate of drug-likeness (QED) is 0.780. The Morgan fingerprint density at radius 2 is 1.91 bits per heavy atom. The van der Waals surface area contributed by atoms with Crippen molar-refractivity contribution in [1.82, 2.24) is 4.90 Å². The van der Waals surface area contributed by atoms with E-state index >= 15 is 0 Å². The zero-order valence-electron chi connectivity index (χ0n) is 14.0. The standard InChI is InChI=1S/C18H27NO3/c1-13-8-7-9-14(2)19(13)12-15(3)22-18(20)16-10-5-6-11-17(16)21-4/h5-6,10-11,13-15H,7-9,12H2,1-4H3. The number of ether oxygens (including phenoxy) is 2. The minimum Gasteiger partial charge on any atom is -0.496 e. The van der Waals surface area contributed by atoms with E-state index in [4.69, 9.17) is 9.47 Å². The van der Waals surface area contributed by atoms with Crippen molar-refractivity contribution in [2.24, 2.45) is 0 Å². The number of methoxy groups -OCH3 is 1. The lowest BCUT2D eigenvalue weighted by Gasteiger charge is -2.40. The van der Waals surface area contributed by atoms with Crippen molar-refractivity contribution in [3.63, 3.8) is 0 Å². The van der Waals surface area contributed by atoms with E-state index < -0.39 is 0 Å². The van der Waals surface area contributed by atoms with Gasteiger partial charge in [-0.1, -0.05) is 18.6 Å². The van der Waals surface area contributed by atoms with Crippen LogP contribution in [0.1, 0.15) is 50.4 Å². The third-order valence-corrected chi connectivity index (χ3v) is 4.48. The maximum Gasteiger partial charge on any atom is 0.342 e. The summed E-state index contributed by atoms with van der Waals surface area (Å²) in [5.41, 5.74) is 0.483. The van der Waals surface area contributed by atoms with Crippen molar-refractivity contribution in [1.29, 1.82) is 0 Å². The first-order chi connectivity index (χ1) is 10.5. The number of benzene rings is 1. The zero-order valence-corrected chi connectivity index (χ0v) is 14.0. The van der Waals surface area contributed by atoms with Gasteiger partial charge in [-0.3, -0.25) is 4.90 Å². The molecule has 2 rings (SSSR count). The molecule has 0 saturated carbocycles. The third-order valence-electron chi connectivity index (χ3n) is 4.48. The monoisotopic (exact) mass is 305 g/mol. The molecule has 4 heteroatoms. The largest absolute Gasteiger partial charge is 0.496 e. The number of hydrogen-bond donors (Lipinski definition) is 0. The second kappa shape index (κ2) is 7.63. The molecular weight excluding hydrogens is 278 g/mol. The Morgan fingerprint density at radius 1 is 1.27 bits per heavy atom. The Balaban J connectivity index is 1.96. The first-order valence-corrected chi connectivity index (χ1v) is 8.12. The molecule has 1 fully saturated rings. The Labute approximate surface area is 133 Å². The van der Waals surface area contributed by atoms with E-state index in [1.54, 1.807) is 19.2 Å². The molecule has 0 amide bonds. The fourth-order valence-electron chi connectivity index (χ4n) is 3.23. The van der Waals surface area contributed by atoms with Gasteiger partial charge in [0.1, 0.15) is 17.4 Å². The van der Waals surface area contributed by atoms with Crippen LogP contribution in [0.15, 0.2) is 24.3 Å². The van der Waals surface area contributed by atoms with Crippen molar-refractivity contribution >= 4 is 5.97 Å². The molecule has 0 N–H and O–H groups in total. The van der Waals surface area contributed by atoms with Gasteiger partial charge in [0.15, 0.2) is 0 Å². The Bertz CT molecular complexity index is 493. The highest BCUT2D eigenvalue weighted by Gasteiger charge is 2.27. The first kappa shape index (κ1) is 16.8. The molecule has 3 atom stereocenters. The van der Waals surface area contributed by atoms with Crippen LogP contribution in [0.2, 0.25) is 0 Å². The number of hydrogen-bond acceptors (Lipinski definition) is 4. The van der Waals surface area contributed by atoms with Gasteiger partial charge in [-0.25, -0.2) is 4.79 Å². The van der Waals surface area contributed by atoms with Gasteiger partial charge in [0, 0.05) is 18.6 Å². The van der Waals surface area contributed by atoms with Gasteiger partial charge in [0.25, 0.3) is 0 Å². The number of para-hydroxylation sites is 1. The lowest BCUT2D eigenvalue weighted by molar-refractivity contribution is 0.00789. The van der Waals surface area contributed by atoms with E-state index in [1.807, 2.05) is 19.1 Å². The number of rotatable bonds is 5. The second-order valence-corrected chi connectivity index (χ2v) is 6.24. The van der Waals surface area contributed by atoms with Crippen LogP contribution >= 0.6 is 0 Å². The fourth-order valence-corrected chi connectivity index (χ4v) is 3.23. The zero-order chi connectivity index (χ0) is 16.1. The molecule has 3 unspecified atom stereocenters. The summed E-state index contributed by atoms with van der Waals surface area (Å²) in [5, 5.41) is 0. The summed E-state index contributed by atoms with van der Waals surface area (Å²) in [6, 6.07) is 8.28. The van der Waals surface area contributed by atoms with Gasteiger partial charge >= 0.3 is 5.97 Å². The highest BCUT2D eigenvalue weighted by molar-refractivity contribution is 5.92. The molecule has 1 saturated heterocycles. The number of likely N-dealkylation sites (tertiary alicyclic amines) is 1. The Morgan fingerprint density at radius 3 is 2.55 bits per heavy atom. The van der Waals surface area contributed by atoms with Crippen LogP contribution in [0.25, 0.3) is 0 Å². The van der Waals surface area contributed by atoms with E-state index in [-0.39, 0.29) is 12.1 Å². The molecule has 122 valence electrons. The third kappa shape index (κ3) is 4.01. The SMILES string of the molecule is COc1ccccc1C(=O)OC(C)CN1C(C)CCCC1C. The lowest BCUT2D eigenvalue weighted by atomic mass is 9.97. The predicted octanol–water partition coefficient (Wildman–Crippen LogP) is 3.50. The van der Waals surface area contributed by atoms with Crippen LogP contribution in [-0.4, -0.2) is 42.7 Å². The van der Waals surface area contributed by atoms with Crippen LogP contribution in [-0.2, 0) is 4.74 Å². The summed E-state index contributed by atoms with van der Waals surface area (Å²) in [4.78, 5) is 14.8. The fraction of sp³-hybridized carbons (Fsp3) is 0.611. The number of piperidine rings is 1. The molecule has 0 aromatic heterocycles. The molecule has 22 heavy (non-hydrogen) atoms. The second-order valence-electron chi connectivity index (χ2n) is 6.24. The molecule has 0 spiro atoms. The molecule has 0 radical (unpaired) electrons. The molecule has 4 nitrogen and oxygen atoms in total. The van der Waals surface area contributed by atoms with Crippen molar-refractivity contribution in [3.8, 4) is 5.75 Å². The molecular formula is C18H27NO3. The molecule has 1 aliphatic heterocycles. The van der Waals surface area contributed by atoms with Gasteiger partial charge in [-0.15, -0.1) is 0 Å². The van der Waals surface area contributed by atoms with Gasteiger partial charge in [-0.05, 0) is 45.7 Å². The summed E-state index contributed by atoms with van der Waals surface area (Å²) in [6.07, 6.45) is 3.59. The van der Waals surface area contributed by atoms with Crippen molar-refractivity contribution < 1.29 is 14.3 Å². The van der Waals surface area contributed by atoms with Crippen LogP contribution in [0.5, 0.6) is 5.75 Å². The molecule has 0 aliphatic carbocycles. The highest BCUT2D eigenvalue weighted by atomic mass is 16.5. The number of carbonyl (C=O) groups excluding carboxylic acids is 1. The van der Waals surface area contributed by atoms with Gasteiger partial charge < -0.3 is 9.47 Å². The maximum atomic E-state index is 12.3. The Hall–Kier alpha value is -1.55. The summed E-state index contributed by atoms with van der Waals surface area (Å²) >= 11 is 0. The van der Waals surface area contributed by atoms with E-state index in [2.05, 4.69) is 18.7 Å². The number of esters is 1. The highest BCUT2D eigenvalue weighted by Crippen LogP contribution is 2.24. The van der Waals surface area contributed by atoms with Crippen LogP contribution in [0, 0.1) is 0 Å². The van der Waals surface area contributed by atoms with E-state index in [9.17, 15) is 4.79 Å². The maximum absolute atomic E-state index is 12.3. The molecule has 1 aromatic rings. The van der Waals surface area contributed by atoms with Crippen molar-refractivity contribution in [2.75, 3.05) is 13.7 Å². The Kier molecular flexibility index (Phi) is 5.83. The minimum atomic E-state index is -0.317. The smallest absolute Gasteiger partial charge is 0.342 e. The average Bonchev–Trinajstić information content (AvgIpc) is 2.51. The minimum absolute atomic E-state index is 0.139. The summed E-state index contributed by atoms with van der Waals surface area (Å²) < 4.78 is 10.8. The number of carbonyl (C=O) groups is 1. The molecule has 1 heterocycles. The average molecular weight is 305 g/mol. The van der Waals surface area contributed by atoms with Gasteiger partial charge in [0.05, 0.1) is 7.11 Å². The molecule has 0 bridgehead atoms. The normalized spacial score (nSPS) is 23.8. The van der Waals surface area contributed by atoms with Crippen LogP contribution < -0.4 is 4.74 Å². The lowest BCUT2D eigenvalue weighted by Crippen LogP contribution is -2.47. The van der Waals surface area contributed by atoms with E-state index in [0.717, 1.165) is 6.54 Å². The predicted molar refractivity (Wildman–Crippen MR) is 87.4 cm³/mol. The first-order valence-electron chi connectivity index (χ1n) is 8.12. The van der Waals surface area contributed by atoms with Crippen molar-refractivity contribution in [3.05, 3.63) is 29.8 Å². The van der Waals surface area contributed by atoms with Crippen LogP contribution in [0.3, 0.4) is 0 Å². The van der Waals surface area contributed by atoms with Gasteiger partial charge in [0.2, 0.25) is 0 Å². The summed E-state index contributed by atoms with van der Waals surface area (Å²) in [6.45, 7) is 7.25. The van der Waals surface area contributed by atoms with Gasteiger partial charge in [-0.2, -0.15) is 0 Å². The van der Waals surface area contributed by atoms with Crippen LogP contribution in [0.4, 0.5) is 0 Å². The summed E-state index contributed by atoms with van der Waals surface area (Å²) in [7, 11) is 1.56. The van der Waals surface area contributed by atoms with E-state index in [1.165, 1.54) is 19.3 Å². The number of nitrogens with zero attached hydrogens (tertiary/aromatic N) is 1. The summed E-state index contributed by atoms with van der Waals surface area (Å²) in [5.74, 6) is 0.238. The topological polar surface area (TPSA) is 38.8 Å². The molecule has 1 aliphatic rings.